The second-order valence-electron chi connectivity index (χ2n) is 18.4. The zero-order valence-corrected chi connectivity index (χ0v) is 38.6. The standard InChI is InChI=1S/C68H48N2/c1-5-21-49(22-6-1)67(50-23-7-2-8-24-50,55-41-45-57(46-42-55)69-63-33-17-13-29-59(63)60-30-14-18-34-64(60)69)53-37-39-54(40-38-53)68(51-25-9-3-10-26-51,52-27-11-4-12-28-52)56-43-47-58(48-44-56)70-65-35-19-15-31-61(65)62-32-16-20-36-66(62)70/h1-48H. The Hall–Kier alpha value is -8.98. The second kappa shape index (κ2) is 17.0. The molecule has 0 aliphatic heterocycles. The molecule has 2 heterocycles. The Bertz CT molecular complexity index is 3500. The number of aromatic nitrogens is 2. The third-order valence-corrected chi connectivity index (χ3v) is 14.9. The number of hydrogen-bond donors (Lipinski definition) is 0. The Morgan fingerprint density at radius 2 is 0.357 bits per heavy atom. The molecule has 0 N–H and O–H groups in total. The van der Waals surface area contributed by atoms with E-state index in [9.17, 15) is 0 Å². The molecule has 13 aromatic rings. The van der Waals surface area contributed by atoms with Gasteiger partial charge < -0.3 is 9.13 Å². The highest BCUT2D eigenvalue weighted by Crippen LogP contribution is 2.49. The lowest BCUT2D eigenvalue weighted by Crippen LogP contribution is -2.33. The van der Waals surface area contributed by atoms with Gasteiger partial charge >= 0.3 is 0 Å². The van der Waals surface area contributed by atoms with Gasteiger partial charge in [0.25, 0.3) is 0 Å². The zero-order valence-electron chi connectivity index (χ0n) is 38.6. The van der Waals surface area contributed by atoms with Gasteiger partial charge in [0.05, 0.1) is 32.9 Å². The molecule has 11 aromatic carbocycles. The predicted octanol–water partition coefficient (Wildman–Crippen LogP) is 16.6. The molecule has 0 aliphatic carbocycles. The molecule has 70 heavy (non-hydrogen) atoms. The van der Waals surface area contributed by atoms with Gasteiger partial charge in [0.2, 0.25) is 0 Å². The monoisotopic (exact) mass is 892 g/mol. The zero-order chi connectivity index (χ0) is 46.5. The number of hydrogen-bond acceptors (Lipinski definition) is 0. The van der Waals surface area contributed by atoms with Crippen LogP contribution in [0.2, 0.25) is 0 Å². The summed E-state index contributed by atoms with van der Waals surface area (Å²) in [6.45, 7) is 0. The van der Waals surface area contributed by atoms with Gasteiger partial charge in [0.15, 0.2) is 0 Å². The Kier molecular flexibility index (Phi) is 9.99. The van der Waals surface area contributed by atoms with E-state index in [1.54, 1.807) is 0 Å². The van der Waals surface area contributed by atoms with E-state index < -0.39 is 10.8 Å². The topological polar surface area (TPSA) is 9.86 Å². The smallest absolute Gasteiger partial charge is 0.0701 e. The summed E-state index contributed by atoms with van der Waals surface area (Å²) in [7, 11) is 0. The number of para-hydroxylation sites is 4. The molecule has 0 aliphatic rings. The third-order valence-electron chi connectivity index (χ3n) is 14.9. The molecule has 0 radical (unpaired) electrons. The van der Waals surface area contributed by atoms with Gasteiger partial charge in [-0.3, -0.25) is 0 Å². The van der Waals surface area contributed by atoms with Crippen molar-refractivity contribution in [1.29, 1.82) is 0 Å². The van der Waals surface area contributed by atoms with Crippen LogP contribution in [0.3, 0.4) is 0 Å². The summed E-state index contributed by atoms with van der Waals surface area (Å²) < 4.78 is 4.80. The van der Waals surface area contributed by atoms with Gasteiger partial charge in [0, 0.05) is 32.9 Å². The van der Waals surface area contributed by atoms with Crippen molar-refractivity contribution in [2.45, 2.75) is 10.8 Å². The minimum atomic E-state index is -0.646. The highest BCUT2D eigenvalue weighted by atomic mass is 15.0. The van der Waals surface area contributed by atoms with E-state index in [1.807, 2.05) is 0 Å². The fourth-order valence-electron chi connectivity index (χ4n) is 11.8. The van der Waals surface area contributed by atoms with Crippen LogP contribution >= 0.6 is 0 Å². The van der Waals surface area contributed by atoms with Crippen LogP contribution in [0.15, 0.2) is 291 Å². The summed E-state index contributed by atoms with van der Waals surface area (Å²) in [5.74, 6) is 0. The van der Waals surface area contributed by atoms with E-state index in [-0.39, 0.29) is 0 Å². The molecule has 0 saturated heterocycles. The molecule has 0 atom stereocenters. The van der Waals surface area contributed by atoms with Gasteiger partial charge in [-0.1, -0.05) is 243 Å². The number of fused-ring (bicyclic) bond motifs is 6. The van der Waals surface area contributed by atoms with Crippen LogP contribution < -0.4 is 0 Å². The van der Waals surface area contributed by atoms with Crippen LogP contribution in [-0.2, 0) is 10.8 Å². The molecule has 330 valence electrons. The van der Waals surface area contributed by atoms with Crippen molar-refractivity contribution in [3.8, 4) is 11.4 Å². The van der Waals surface area contributed by atoms with Crippen LogP contribution in [-0.4, -0.2) is 9.13 Å². The Balaban J connectivity index is 1.01. The molecule has 0 saturated carbocycles. The lowest BCUT2D eigenvalue weighted by atomic mass is 9.63. The first-order chi connectivity index (χ1) is 34.7. The summed E-state index contributed by atoms with van der Waals surface area (Å²) in [5, 5.41) is 5.02. The van der Waals surface area contributed by atoms with Crippen molar-refractivity contribution >= 4 is 43.6 Å². The first-order valence-corrected chi connectivity index (χ1v) is 24.3. The van der Waals surface area contributed by atoms with E-state index in [0.29, 0.717) is 0 Å². The van der Waals surface area contributed by atoms with Crippen molar-refractivity contribution in [2.24, 2.45) is 0 Å². The van der Waals surface area contributed by atoms with Gasteiger partial charge in [-0.15, -0.1) is 0 Å². The summed E-state index contributed by atoms with van der Waals surface area (Å²) in [6, 6.07) is 107. The number of nitrogens with zero attached hydrogens (tertiary/aromatic N) is 2. The maximum atomic E-state index is 2.40. The summed E-state index contributed by atoms with van der Waals surface area (Å²) >= 11 is 0. The normalized spacial score (nSPS) is 12.0. The highest BCUT2D eigenvalue weighted by molar-refractivity contribution is 6.10. The van der Waals surface area contributed by atoms with Crippen LogP contribution in [0.4, 0.5) is 0 Å². The Labute approximate surface area is 408 Å². The van der Waals surface area contributed by atoms with Crippen LogP contribution in [0.1, 0.15) is 44.5 Å². The second-order valence-corrected chi connectivity index (χ2v) is 18.4. The lowest BCUT2D eigenvalue weighted by Gasteiger charge is -2.39. The first-order valence-electron chi connectivity index (χ1n) is 24.3. The number of rotatable bonds is 10. The maximum Gasteiger partial charge on any atom is 0.0701 e. The van der Waals surface area contributed by atoms with Crippen molar-refractivity contribution in [3.05, 3.63) is 336 Å². The van der Waals surface area contributed by atoms with Crippen molar-refractivity contribution in [1.82, 2.24) is 9.13 Å². The van der Waals surface area contributed by atoms with E-state index in [0.717, 1.165) is 11.4 Å². The fraction of sp³-hybridized carbons (Fsp3) is 0.0294. The average Bonchev–Trinajstić information content (AvgIpc) is 3.96. The van der Waals surface area contributed by atoms with Crippen LogP contribution in [0.5, 0.6) is 0 Å². The molecular formula is C68H48N2. The van der Waals surface area contributed by atoms with Crippen molar-refractivity contribution < 1.29 is 0 Å². The minimum absolute atomic E-state index is 0.646. The van der Waals surface area contributed by atoms with E-state index in [4.69, 9.17) is 0 Å². The van der Waals surface area contributed by atoms with Crippen molar-refractivity contribution in [2.75, 3.05) is 0 Å². The fourth-order valence-corrected chi connectivity index (χ4v) is 11.8. The summed E-state index contributed by atoms with van der Waals surface area (Å²) in [5.41, 5.74) is 15.4. The van der Waals surface area contributed by atoms with Crippen molar-refractivity contribution in [3.63, 3.8) is 0 Å². The molecule has 2 heteroatoms. The maximum absolute atomic E-state index is 2.40. The quantitative estimate of drug-likeness (QED) is 0.121. The summed E-state index contributed by atoms with van der Waals surface area (Å²) in [6.07, 6.45) is 0. The molecule has 0 fully saturated rings. The molecular weight excluding hydrogens is 845 g/mol. The molecule has 0 bridgehead atoms. The molecule has 2 aromatic heterocycles. The third kappa shape index (κ3) is 6.34. The molecule has 2 nitrogen and oxygen atoms in total. The Morgan fingerprint density at radius 1 is 0.171 bits per heavy atom. The SMILES string of the molecule is c1ccc(C(c2ccccc2)(c2ccc(-n3c4ccccc4c4ccccc43)cc2)c2ccc(C(c3ccccc3)(c3ccccc3)c3ccc(-n4c5ccccc5c5ccccc54)cc3)cc2)cc1. The minimum Gasteiger partial charge on any atom is -0.309 e. The summed E-state index contributed by atoms with van der Waals surface area (Å²) in [4.78, 5) is 0. The van der Waals surface area contributed by atoms with Gasteiger partial charge in [-0.05, 0) is 93.0 Å². The largest absolute Gasteiger partial charge is 0.309 e. The van der Waals surface area contributed by atoms with Gasteiger partial charge in [-0.2, -0.15) is 0 Å². The van der Waals surface area contributed by atoms with E-state index in [1.165, 1.54) is 88.1 Å². The molecule has 13 rings (SSSR count). The van der Waals surface area contributed by atoms with Gasteiger partial charge in [-0.25, -0.2) is 0 Å². The number of benzene rings is 11. The van der Waals surface area contributed by atoms with E-state index in [2.05, 4.69) is 300 Å². The average molecular weight is 893 g/mol. The van der Waals surface area contributed by atoms with Crippen LogP contribution in [0, 0.1) is 0 Å². The van der Waals surface area contributed by atoms with Gasteiger partial charge in [0.1, 0.15) is 0 Å². The lowest BCUT2D eigenvalue weighted by molar-refractivity contribution is 0.728. The molecule has 0 unspecified atom stereocenters. The van der Waals surface area contributed by atoms with E-state index >= 15 is 0 Å². The molecule has 0 spiro atoms. The Morgan fingerprint density at radius 3 is 0.600 bits per heavy atom. The predicted molar refractivity (Wildman–Crippen MR) is 292 cm³/mol. The molecule has 0 amide bonds. The first kappa shape index (κ1) is 41.2. The highest BCUT2D eigenvalue weighted by Gasteiger charge is 2.41. The van der Waals surface area contributed by atoms with Crippen LogP contribution in [0.25, 0.3) is 55.0 Å².